The van der Waals surface area contributed by atoms with Gasteiger partial charge in [0, 0.05) is 17.2 Å². The van der Waals surface area contributed by atoms with Crippen LogP contribution in [0.1, 0.15) is 26.3 Å². The molecule has 0 radical (unpaired) electrons. The Bertz CT molecular complexity index is 892. The van der Waals surface area contributed by atoms with Crippen molar-refractivity contribution in [1.29, 1.82) is 0 Å². The number of phenolic OH excluding ortho intramolecular Hbond substituents is 1. The first-order valence-corrected chi connectivity index (χ1v) is 6.89. The molecule has 0 spiro atoms. The smallest absolute Gasteiger partial charge is 0.315 e. The van der Waals surface area contributed by atoms with Gasteiger partial charge in [-0.3, -0.25) is 19.7 Å². The van der Waals surface area contributed by atoms with E-state index < -0.39 is 27.9 Å². The van der Waals surface area contributed by atoms with Gasteiger partial charge in [-0.25, -0.2) is 0 Å². The average Bonchev–Trinajstić information content (AvgIpc) is 2.81. The molecule has 0 atom stereocenters. The Hall–Kier alpha value is -3.48. The van der Waals surface area contributed by atoms with Crippen molar-refractivity contribution in [3.05, 3.63) is 68.8 Å². The Balaban J connectivity index is 2.13. The number of hydrogen-bond acceptors (Lipinski definition) is 6. The van der Waals surface area contributed by atoms with Gasteiger partial charge in [-0.05, 0) is 17.7 Å². The summed E-state index contributed by atoms with van der Waals surface area (Å²) in [6, 6.07) is 8.81. The molecule has 7 heteroatoms. The monoisotopic (exact) mass is 325 g/mol. The predicted molar refractivity (Wildman–Crippen MR) is 84.4 cm³/mol. The lowest BCUT2D eigenvalue weighted by Gasteiger charge is -2.05. The third-order valence-electron chi connectivity index (χ3n) is 3.71. The van der Waals surface area contributed by atoms with Crippen molar-refractivity contribution in [3.8, 4) is 11.5 Å². The van der Waals surface area contributed by atoms with Gasteiger partial charge in [0.05, 0.1) is 17.6 Å². The summed E-state index contributed by atoms with van der Waals surface area (Å²) in [7, 11) is 1.25. The fourth-order valence-corrected chi connectivity index (χ4v) is 2.56. The number of carbonyl (C=O) groups is 2. The molecule has 0 amide bonds. The lowest BCUT2D eigenvalue weighted by atomic mass is 10.1. The Morgan fingerprint density at radius 2 is 1.71 bits per heavy atom. The number of ketones is 2. The van der Waals surface area contributed by atoms with Crippen LogP contribution in [-0.2, 0) is 0 Å². The molecule has 1 aliphatic rings. The summed E-state index contributed by atoms with van der Waals surface area (Å²) in [5.74, 6) is -1.61. The number of rotatable bonds is 3. The van der Waals surface area contributed by atoms with Crippen LogP contribution in [0.4, 0.5) is 5.69 Å². The van der Waals surface area contributed by atoms with Crippen LogP contribution in [0.2, 0.25) is 0 Å². The number of Topliss-reactive ketones (excluding diaryl/α,β-unsaturated/α-hetero) is 2. The number of ether oxygens (including phenoxy) is 1. The van der Waals surface area contributed by atoms with Gasteiger partial charge >= 0.3 is 5.69 Å². The van der Waals surface area contributed by atoms with Crippen LogP contribution in [-0.4, -0.2) is 28.7 Å². The Kier molecular flexibility index (Phi) is 3.61. The quantitative estimate of drug-likeness (QED) is 0.402. The van der Waals surface area contributed by atoms with E-state index in [9.17, 15) is 24.8 Å². The zero-order valence-electron chi connectivity index (χ0n) is 12.5. The molecule has 2 aromatic rings. The number of hydrogen-bond donors (Lipinski definition) is 1. The number of nitro benzene ring substituents is 1. The standard InChI is InChI=1S/C17H11NO6/c1-24-14-8-9(7-13(17(14)21)18(22)23)6-12-15(19)10-4-2-3-5-11(10)16(12)20/h2-8,21H,1H3. The van der Waals surface area contributed by atoms with Crippen molar-refractivity contribution in [2.24, 2.45) is 0 Å². The molecule has 0 unspecified atom stereocenters. The van der Waals surface area contributed by atoms with E-state index >= 15 is 0 Å². The molecule has 1 N–H and O–H groups in total. The SMILES string of the molecule is COc1cc(C=C2C(=O)c3ccccc3C2=O)cc([N+](=O)[O-])c1O. The van der Waals surface area contributed by atoms with Crippen molar-refractivity contribution >= 4 is 23.3 Å². The zero-order valence-corrected chi connectivity index (χ0v) is 12.5. The van der Waals surface area contributed by atoms with Crippen molar-refractivity contribution in [3.63, 3.8) is 0 Å². The van der Waals surface area contributed by atoms with Crippen LogP contribution in [0.3, 0.4) is 0 Å². The summed E-state index contributed by atoms with van der Waals surface area (Å²) in [6.07, 6.45) is 1.26. The van der Waals surface area contributed by atoms with Crippen molar-refractivity contribution in [2.75, 3.05) is 7.11 Å². The summed E-state index contributed by atoms with van der Waals surface area (Å²) in [6.45, 7) is 0. The number of aromatic hydroxyl groups is 1. The first-order valence-electron chi connectivity index (χ1n) is 6.89. The molecule has 24 heavy (non-hydrogen) atoms. The van der Waals surface area contributed by atoms with Crippen LogP contribution in [0.25, 0.3) is 6.08 Å². The summed E-state index contributed by atoms with van der Waals surface area (Å²) in [5, 5.41) is 20.8. The van der Waals surface area contributed by atoms with Gasteiger partial charge in [-0.15, -0.1) is 0 Å². The summed E-state index contributed by atoms with van der Waals surface area (Å²) >= 11 is 0. The third kappa shape index (κ3) is 2.32. The zero-order chi connectivity index (χ0) is 17.4. The summed E-state index contributed by atoms with van der Waals surface area (Å²) in [5.41, 5.74) is 0.152. The van der Waals surface area contributed by atoms with Crippen molar-refractivity contribution in [1.82, 2.24) is 0 Å². The van der Waals surface area contributed by atoms with E-state index in [4.69, 9.17) is 4.74 Å². The van der Waals surface area contributed by atoms with Gasteiger partial charge in [0.15, 0.2) is 17.3 Å². The van der Waals surface area contributed by atoms with E-state index in [2.05, 4.69) is 0 Å². The molecule has 0 saturated heterocycles. The highest BCUT2D eigenvalue weighted by atomic mass is 16.6. The summed E-state index contributed by atoms with van der Waals surface area (Å²) < 4.78 is 4.90. The van der Waals surface area contributed by atoms with E-state index in [0.29, 0.717) is 11.1 Å². The Labute approximate surface area is 136 Å². The van der Waals surface area contributed by atoms with Crippen molar-refractivity contribution < 1.29 is 24.4 Å². The number of benzene rings is 2. The lowest BCUT2D eigenvalue weighted by Crippen LogP contribution is -2.00. The Morgan fingerprint density at radius 3 is 2.21 bits per heavy atom. The molecule has 0 aliphatic heterocycles. The average molecular weight is 325 g/mol. The highest BCUT2D eigenvalue weighted by Gasteiger charge is 2.32. The maximum atomic E-state index is 12.3. The van der Waals surface area contributed by atoms with Gasteiger partial charge in [-0.2, -0.15) is 0 Å². The maximum absolute atomic E-state index is 12.3. The second-order valence-corrected chi connectivity index (χ2v) is 5.11. The molecule has 0 aromatic heterocycles. The van der Waals surface area contributed by atoms with E-state index in [-0.39, 0.29) is 16.9 Å². The first-order chi connectivity index (χ1) is 11.4. The minimum atomic E-state index is -0.771. The van der Waals surface area contributed by atoms with Crippen molar-refractivity contribution in [2.45, 2.75) is 0 Å². The number of nitro groups is 1. The molecule has 1 aliphatic carbocycles. The summed E-state index contributed by atoms with van der Waals surface area (Å²) in [4.78, 5) is 34.9. The molecular formula is C17H11NO6. The number of phenols is 1. The minimum absolute atomic E-state index is 0.0850. The van der Waals surface area contributed by atoms with E-state index in [1.807, 2.05) is 0 Å². The highest BCUT2D eigenvalue weighted by Crippen LogP contribution is 2.38. The van der Waals surface area contributed by atoms with Crippen LogP contribution in [0.5, 0.6) is 11.5 Å². The molecule has 0 bridgehead atoms. The van der Waals surface area contributed by atoms with Crippen LogP contribution >= 0.6 is 0 Å². The second kappa shape index (κ2) is 5.62. The third-order valence-corrected chi connectivity index (χ3v) is 3.71. The van der Waals surface area contributed by atoms with E-state index in [0.717, 1.165) is 6.07 Å². The van der Waals surface area contributed by atoms with Crippen LogP contribution < -0.4 is 4.74 Å². The topological polar surface area (TPSA) is 107 Å². The van der Waals surface area contributed by atoms with Gasteiger partial charge < -0.3 is 9.84 Å². The minimum Gasteiger partial charge on any atom is -0.500 e. The largest absolute Gasteiger partial charge is 0.500 e. The molecule has 0 heterocycles. The van der Waals surface area contributed by atoms with Gasteiger partial charge in [0.2, 0.25) is 5.75 Å². The fourth-order valence-electron chi connectivity index (χ4n) is 2.56. The number of carbonyl (C=O) groups excluding carboxylic acids is 2. The molecule has 120 valence electrons. The molecule has 7 nitrogen and oxygen atoms in total. The van der Waals surface area contributed by atoms with Crippen LogP contribution in [0.15, 0.2) is 42.0 Å². The van der Waals surface area contributed by atoms with Crippen LogP contribution in [0, 0.1) is 10.1 Å². The van der Waals surface area contributed by atoms with E-state index in [1.165, 1.54) is 19.3 Å². The van der Waals surface area contributed by atoms with Gasteiger partial charge in [0.1, 0.15) is 0 Å². The number of methoxy groups -OCH3 is 1. The molecular weight excluding hydrogens is 314 g/mol. The molecule has 3 rings (SSSR count). The lowest BCUT2D eigenvalue weighted by molar-refractivity contribution is -0.386. The number of nitrogens with zero attached hydrogens (tertiary/aromatic N) is 1. The molecule has 2 aromatic carbocycles. The van der Waals surface area contributed by atoms with Gasteiger partial charge in [0.25, 0.3) is 0 Å². The molecule has 0 saturated carbocycles. The number of fused-ring (bicyclic) bond motifs is 1. The Morgan fingerprint density at radius 1 is 1.12 bits per heavy atom. The van der Waals surface area contributed by atoms with E-state index in [1.54, 1.807) is 24.3 Å². The first kappa shape index (κ1) is 15.4. The fraction of sp³-hybridized carbons (Fsp3) is 0.0588. The van der Waals surface area contributed by atoms with Gasteiger partial charge in [-0.1, -0.05) is 24.3 Å². The second-order valence-electron chi connectivity index (χ2n) is 5.11. The predicted octanol–water partition coefficient (Wildman–Crippen LogP) is 2.77. The normalized spacial score (nSPS) is 13.0. The highest BCUT2D eigenvalue weighted by molar-refractivity contribution is 6.41. The number of allylic oxidation sites excluding steroid dienone is 1. The maximum Gasteiger partial charge on any atom is 0.315 e. The molecule has 0 fully saturated rings.